The Labute approximate surface area is 158 Å². The van der Waals surface area contributed by atoms with Crippen LogP contribution in [0.3, 0.4) is 0 Å². The van der Waals surface area contributed by atoms with Gasteiger partial charge in [-0.25, -0.2) is 4.90 Å². The van der Waals surface area contributed by atoms with E-state index in [4.69, 9.17) is 16.3 Å². The van der Waals surface area contributed by atoms with Gasteiger partial charge in [-0.3, -0.25) is 9.59 Å². The minimum atomic E-state index is -0.407. The van der Waals surface area contributed by atoms with Crippen molar-refractivity contribution < 1.29 is 14.3 Å². The van der Waals surface area contributed by atoms with E-state index in [1.54, 1.807) is 18.2 Å². The highest BCUT2D eigenvalue weighted by Gasteiger charge is 2.38. The summed E-state index contributed by atoms with van der Waals surface area (Å²) in [5.41, 5.74) is 2.25. The Hall–Kier alpha value is -1.86. The van der Waals surface area contributed by atoms with Crippen molar-refractivity contribution in [1.82, 2.24) is 0 Å². The fourth-order valence-corrected chi connectivity index (χ4v) is 3.26. The molecule has 2 aromatic carbocycles. The number of carbonyl (C=O) groups is 2. The number of hydrogen-bond donors (Lipinski definition) is 0. The Balaban J connectivity index is 2.28. The standard InChI is InChI=1S/C18H13ClINO3/c1-10(22)21-15-9-12(19)5-8-14(15)16(18(21)23)17(24-2)11-3-6-13(20)7-4-11/h3-9H,1-2H3. The molecular formula is C18H13ClINO3. The van der Waals surface area contributed by atoms with Gasteiger partial charge in [0.2, 0.25) is 5.91 Å². The third-order valence-corrected chi connectivity index (χ3v) is 4.69. The highest BCUT2D eigenvalue weighted by Crippen LogP contribution is 2.42. The van der Waals surface area contributed by atoms with Gasteiger partial charge in [-0.1, -0.05) is 29.8 Å². The van der Waals surface area contributed by atoms with E-state index in [9.17, 15) is 9.59 Å². The van der Waals surface area contributed by atoms with Crippen LogP contribution in [0.1, 0.15) is 18.1 Å². The lowest BCUT2D eigenvalue weighted by Crippen LogP contribution is -2.31. The van der Waals surface area contributed by atoms with Crippen molar-refractivity contribution in [2.75, 3.05) is 12.0 Å². The number of amides is 2. The Bertz CT molecular complexity index is 874. The van der Waals surface area contributed by atoms with E-state index < -0.39 is 5.91 Å². The smallest absolute Gasteiger partial charge is 0.269 e. The average Bonchev–Trinajstić information content (AvgIpc) is 2.82. The fraction of sp³-hybridized carbons (Fsp3) is 0.111. The summed E-state index contributed by atoms with van der Waals surface area (Å²) in [5, 5.41) is 0.460. The second kappa shape index (κ2) is 6.57. The molecule has 0 radical (unpaired) electrons. The Morgan fingerprint density at radius 1 is 1.17 bits per heavy atom. The first-order chi connectivity index (χ1) is 11.4. The summed E-state index contributed by atoms with van der Waals surface area (Å²) in [7, 11) is 1.51. The molecule has 1 heterocycles. The predicted octanol–water partition coefficient (Wildman–Crippen LogP) is 4.35. The number of benzene rings is 2. The zero-order chi connectivity index (χ0) is 17.4. The van der Waals surface area contributed by atoms with E-state index in [1.165, 1.54) is 14.0 Å². The van der Waals surface area contributed by atoms with Crippen LogP contribution in [0, 0.1) is 3.57 Å². The summed E-state index contributed by atoms with van der Waals surface area (Å²) < 4.78 is 6.61. The molecule has 6 heteroatoms. The lowest BCUT2D eigenvalue weighted by Gasteiger charge is -2.13. The second-order valence-corrected chi connectivity index (χ2v) is 6.92. The molecule has 0 aromatic heterocycles. The number of methoxy groups -OCH3 is 1. The topological polar surface area (TPSA) is 46.6 Å². The van der Waals surface area contributed by atoms with Crippen molar-refractivity contribution in [3.8, 4) is 0 Å². The second-order valence-electron chi connectivity index (χ2n) is 5.24. The molecule has 1 aliphatic heterocycles. The van der Waals surface area contributed by atoms with Crippen molar-refractivity contribution >= 4 is 63.0 Å². The van der Waals surface area contributed by atoms with Crippen molar-refractivity contribution in [1.29, 1.82) is 0 Å². The van der Waals surface area contributed by atoms with Gasteiger partial charge < -0.3 is 4.74 Å². The SMILES string of the molecule is COC(=C1C(=O)N(C(C)=O)c2cc(Cl)ccc21)c1ccc(I)cc1. The summed E-state index contributed by atoms with van der Waals surface area (Å²) in [5.74, 6) is -0.338. The number of imide groups is 1. The predicted molar refractivity (Wildman–Crippen MR) is 103 cm³/mol. The highest BCUT2D eigenvalue weighted by molar-refractivity contribution is 14.1. The highest BCUT2D eigenvalue weighted by atomic mass is 127. The number of nitrogens with zero attached hydrogens (tertiary/aromatic N) is 1. The van der Waals surface area contributed by atoms with Crippen LogP contribution in [-0.4, -0.2) is 18.9 Å². The van der Waals surface area contributed by atoms with E-state index in [2.05, 4.69) is 22.6 Å². The molecule has 0 fully saturated rings. The van der Waals surface area contributed by atoms with Gasteiger partial charge in [0.25, 0.3) is 5.91 Å². The van der Waals surface area contributed by atoms with Crippen LogP contribution in [-0.2, 0) is 14.3 Å². The monoisotopic (exact) mass is 453 g/mol. The molecule has 0 unspecified atom stereocenters. The number of carbonyl (C=O) groups excluding carboxylic acids is 2. The number of fused-ring (bicyclic) bond motifs is 1. The largest absolute Gasteiger partial charge is 0.495 e. The molecule has 2 amide bonds. The van der Waals surface area contributed by atoms with E-state index in [-0.39, 0.29) is 5.91 Å². The van der Waals surface area contributed by atoms with Crippen molar-refractivity contribution in [2.24, 2.45) is 0 Å². The first-order valence-electron chi connectivity index (χ1n) is 7.13. The summed E-state index contributed by atoms with van der Waals surface area (Å²) in [6.45, 7) is 1.35. The Kier molecular flexibility index (Phi) is 4.64. The number of ether oxygens (including phenoxy) is 1. The minimum Gasteiger partial charge on any atom is -0.495 e. The van der Waals surface area contributed by atoms with Crippen LogP contribution in [0.5, 0.6) is 0 Å². The number of rotatable bonds is 2. The van der Waals surface area contributed by atoms with E-state index in [0.29, 0.717) is 27.6 Å². The van der Waals surface area contributed by atoms with Gasteiger partial charge in [0.1, 0.15) is 5.76 Å². The molecule has 1 aliphatic rings. The zero-order valence-electron chi connectivity index (χ0n) is 13.0. The average molecular weight is 454 g/mol. The van der Waals surface area contributed by atoms with Crippen LogP contribution in [0.15, 0.2) is 42.5 Å². The maximum Gasteiger partial charge on any atom is 0.269 e. The lowest BCUT2D eigenvalue weighted by atomic mass is 10.0. The zero-order valence-corrected chi connectivity index (χ0v) is 15.9. The lowest BCUT2D eigenvalue weighted by molar-refractivity contribution is -0.122. The normalized spacial score (nSPS) is 15.3. The number of hydrogen-bond acceptors (Lipinski definition) is 3. The molecule has 122 valence electrons. The number of anilines is 1. The van der Waals surface area contributed by atoms with E-state index in [1.807, 2.05) is 24.3 Å². The molecule has 0 aliphatic carbocycles. The molecular weight excluding hydrogens is 441 g/mol. The summed E-state index contributed by atoms with van der Waals surface area (Å²) >= 11 is 8.25. The van der Waals surface area contributed by atoms with Crippen LogP contribution in [0.4, 0.5) is 5.69 Å². The van der Waals surface area contributed by atoms with Gasteiger partial charge in [-0.15, -0.1) is 0 Å². The van der Waals surface area contributed by atoms with Crippen LogP contribution in [0.25, 0.3) is 11.3 Å². The Morgan fingerprint density at radius 2 is 1.83 bits per heavy atom. The van der Waals surface area contributed by atoms with Crippen molar-refractivity contribution in [3.05, 3.63) is 62.2 Å². The molecule has 0 N–H and O–H groups in total. The van der Waals surface area contributed by atoms with Gasteiger partial charge in [0, 0.05) is 26.6 Å². The summed E-state index contributed by atoms with van der Waals surface area (Å²) in [6.07, 6.45) is 0. The van der Waals surface area contributed by atoms with Crippen LogP contribution >= 0.6 is 34.2 Å². The van der Waals surface area contributed by atoms with Gasteiger partial charge in [0.15, 0.2) is 0 Å². The third kappa shape index (κ3) is 2.82. The molecule has 0 bridgehead atoms. The maximum atomic E-state index is 12.9. The van der Waals surface area contributed by atoms with E-state index >= 15 is 0 Å². The first-order valence-corrected chi connectivity index (χ1v) is 8.59. The molecule has 0 saturated heterocycles. The van der Waals surface area contributed by atoms with Crippen molar-refractivity contribution in [3.63, 3.8) is 0 Å². The first kappa shape index (κ1) is 17.0. The quantitative estimate of drug-likeness (QED) is 0.386. The number of halogens is 2. The molecule has 0 spiro atoms. The van der Waals surface area contributed by atoms with Gasteiger partial charge in [-0.05, 0) is 46.9 Å². The van der Waals surface area contributed by atoms with Gasteiger partial charge in [0.05, 0.1) is 18.4 Å². The maximum absolute atomic E-state index is 12.9. The van der Waals surface area contributed by atoms with E-state index in [0.717, 1.165) is 14.0 Å². The van der Waals surface area contributed by atoms with Crippen molar-refractivity contribution in [2.45, 2.75) is 6.92 Å². The molecule has 4 nitrogen and oxygen atoms in total. The molecule has 3 rings (SSSR count). The Morgan fingerprint density at radius 3 is 2.42 bits per heavy atom. The molecule has 0 saturated carbocycles. The van der Waals surface area contributed by atoms with Gasteiger partial charge in [-0.2, -0.15) is 0 Å². The van der Waals surface area contributed by atoms with Crippen LogP contribution in [0.2, 0.25) is 5.02 Å². The van der Waals surface area contributed by atoms with Gasteiger partial charge >= 0.3 is 0 Å². The fourth-order valence-electron chi connectivity index (χ4n) is 2.74. The molecule has 0 atom stereocenters. The molecule has 2 aromatic rings. The molecule has 24 heavy (non-hydrogen) atoms. The summed E-state index contributed by atoms with van der Waals surface area (Å²) in [4.78, 5) is 26.0. The van der Waals surface area contributed by atoms with Crippen LogP contribution < -0.4 is 4.90 Å². The summed E-state index contributed by atoms with van der Waals surface area (Å²) in [6, 6.07) is 12.7. The third-order valence-electron chi connectivity index (χ3n) is 3.74. The minimum absolute atomic E-state index is 0.362.